The molecule has 72 valence electrons. The molecule has 0 spiro atoms. The molecule has 1 N–H and O–H groups in total. The summed E-state index contributed by atoms with van der Waals surface area (Å²) in [5.74, 6) is -1.24. The molecule has 1 aliphatic rings. The van der Waals surface area contributed by atoms with Gasteiger partial charge in [0, 0.05) is 0 Å². The van der Waals surface area contributed by atoms with Gasteiger partial charge in [-0.2, -0.15) is 0 Å². The first-order valence-corrected chi connectivity index (χ1v) is 4.93. The summed E-state index contributed by atoms with van der Waals surface area (Å²) in [6.45, 7) is 5.71. The van der Waals surface area contributed by atoms with E-state index in [4.69, 9.17) is 5.11 Å². The number of carboxylic acid groups (broad SMARTS) is 1. The first-order chi connectivity index (χ1) is 5.84. The van der Waals surface area contributed by atoms with Crippen molar-refractivity contribution in [2.24, 2.45) is 5.92 Å². The summed E-state index contributed by atoms with van der Waals surface area (Å²) in [5.41, 5.74) is 2.00. The highest BCUT2D eigenvalue weighted by Crippen LogP contribution is 2.38. The predicted octanol–water partition coefficient (Wildman–Crippen LogP) is 2.75. The molecule has 0 aliphatic heterocycles. The molecule has 0 heterocycles. The average Bonchev–Trinajstić information content (AvgIpc) is 1.78. The number of carbonyl (C=O) groups is 1. The van der Waals surface area contributed by atoms with Gasteiger partial charge in [0.25, 0.3) is 0 Å². The summed E-state index contributed by atoms with van der Waals surface area (Å²) in [4.78, 5) is 11.0. The first-order valence-electron chi connectivity index (χ1n) is 4.14. The second-order valence-electron chi connectivity index (χ2n) is 3.70. The summed E-state index contributed by atoms with van der Waals surface area (Å²) in [5, 5.41) is 9.03. The van der Waals surface area contributed by atoms with Crippen LogP contribution in [0.5, 0.6) is 0 Å². The molecule has 0 amide bonds. The normalized spacial score (nSPS) is 33.7. The lowest BCUT2D eigenvalue weighted by atomic mass is 9.82. The van der Waals surface area contributed by atoms with Gasteiger partial charge in [-0.15, -0.1) is 0 Å². The Hall–Kier alpha value is -0.570. The summed E-state index contributed by atoms with van der Waals surface area (Å²) >= 11 is 3.44. The number of allylic oxidation sites excluding steroid dienone is 3. The monoisotopic (exact) mass is 244 g/mol. The minimum Gasteiger partial charge on any atom is -0.481 e. The van der Waals surface area contributed by atoms with Gasteiger partial charge < -0.3 is 5.11 Å². The molecule has 0 aromatic heterocycles. The Kier molecular flexibility index (Phi) is 2.66. The van der Waals surface area contributed by atoms with Crippen molar-refractivity contribution < 1.29 is 9.90 Å². The number of halogens is 1. The third kappa shape index (κ3) is 2.02. The van der Waals surface area contributed by atoms with Crippen molar-refractivity contribution in [2.75, 3.05) is 0 Å². The average molecular weight is 245 g/mol. The van der Waals surface area contributed by atoms with Gasteiger partial charge in [-0.25, -0.2) is 0 Å². The molecule has 0 aromatic carbocycles. The molecule has 0 bridgehead atoms. The zero-order valence-corrected chi connectivity index (χ0v) is 9.55. The number of rotatable bonds is 1. The SMILES string of the molecule is CC1=CC(C)(Br)C(C(=O)O)C(C)=C1. The van der Waals surface area contributed by atoms with Gasteiger partial charge in [0.05, 0.1) is 10.2 Å². The third-order valence-corrected chi connectivity index (χ3v) is 2.92. The molecule has 0 saturated heterocycles. The van der Waals surface area contributed by atoms with Gasteiger partial charge in [-0.05, 0) is 20.8 Å². The van der Waals surface area contributed by atoms with Gasteiger partial charge >= 0.3 is 5.97 Å². The lowest BCUT2D eigenvalue weighted by Gasteiger charge is -2.31. The molecular weight excluding hydrogens is 232 g/mol. The van der Waals surface area contributed by atoms with Gasteiger partial charge in [0.15, 0.2) is 0 Å². The molecule has 3 heteroatoms. The van der Waals surface area contributed by atoms with Crippen molar-refractivity contribution in [2.45, 2.75) is 25.1 Å². The Balaban J connectivity index is 3.12. The maximum atomic E-state index is 11.0. The first kappa shape index (κ1) is 10.5. The minimum atomic E-state index is -0.781. The van der Waals surface area contributed by atoms with E-state index in [2.05, 4.69) is 15.9 Å². The molecule has 2 nitrogen and oxygen atoms in total. The highest BCUT2D eigenvalue weighted by Gasteiger charge is 2.38. The lowest BCUT2D eigenvalue weighted by Crippen LogP contribution is -2.35. The number of hydrogen-bond acceptors (Lipinski definition) is 1. The number of hydrogen-bond donors (Lipinski definition) is 1. The molecule has 0 fully saturated rings. The van der Waals surface area contributed by atoms with E-state index in [1.807, 2.05) is 32.9 Å². The fraction of sp³-hybridized carbons (Fsp3) is 0.500. The van der Waals surface area contributed by atoms with E-state index in [1.165, 1.54) is 0 Å². The number of aliphatic carboxylic acids is 1. The van der Waals surface area contributed by atoms with E-state index in [1.54, 1.807) is 0 Å². The highest BCUT2D eigenvalue weighted by atomic mass is 79.9. The van der Waals surface area contributed by atoms with Crippen molar-refractivity contribution in [3.8, 4) is 0 Å². The number of alkyl halides is 1. The molecule has 1 rings (SSSR count). The Labute approximate surface area is 86.5 Å². The third-order valence-electron chi connectivity index (χ3n) is 2.23. The van der Waals surface area contributed by atoms with Crippen LogP contribution in [0.15, 0.2) is 23.3 Å². The van der Waals surface area contributed by atoms with Crippen molar-refractivity contribution in [1.29, 1.82) is 0 Å². The zero-order chi connectivity index (χ0) is 10.2. The van der Waals surface area contributed by atoms with E-state index >= 15 is 0 Å². The van der Waals surface area contributed by atoms with Gasteiger partial charge in [-0.3, -0.25) is 4.79 Å². The summed E-state index contributed by atoms with van der Waals surface area (Å²) in [6.07, 6.45) is 3.86. The molecule has 0 aromatic rings. The van der Waals surface area contributed by atoms with Crippen LogP contribution in [0.3, 0.4) is 0 Å². The molecule has 1 aliphatic carbocycles. The maximum Gasteiger partial charge on any atom is 0.312 e. The van der Waals surface area contributed by atoms with Crippen molar-refractivity contribution in [3.05, 3.63) is 23.3 Å². The molecule has 2 unspecified atom stereocenters. The highest BCUT2D eigenvalue weighted by molar-refractivity contribution is 9.10. The zero-order valence-electron chi connectivity index (χ0n) is 7.97. The molecular formula is C10H13BrO2. The van der Waals surface area contributed by atoms with Crippen LogP contribution in [-0.4, -0.2) is 15.4 Å². The van der Waals surface area contributed by atoms with Crippen LogP contribution in [0, 0.1) is 5.92 Å². The van der Waals surface area contributed by atoms with Crippen LogP contribution in [0.4, 0.5) is 0 Å². The standard InChI is InChI=1S/C10H13BrO2/c1-6-4-7(2)8(9(12)13)10(3,11)5-6/h4-5,8H,1-3H3,(H,12,13). The number of carboxylic acids is 1. The molecule has 0 saturated carbocycles. The van der Waals surface area contributed by atoms with Gasteiger partial charge in [0.2, 0.25) is 0 Å². The predicted molar refractivity (Wildman–Crippen MR) is 56.0 cm³/mol. The fourth-order valence-corrected chi connectivity index (χ4v) is 2.81. The largest absolute Gasteiger partial charge is 0.481 e. The Morgan fingerprint density at radius 1 is 1.62 bits per heavy atom. The van der Waals surface area contributed by atoms with E-state index in [0.717, 1.165) is 11.1 Å². The van der Waals surface area contributed by atoms with Crippen molar-refractivity contribution in [3.63, 3.8) is 0 Å². The van der Waals surface area contributed by atoms with Crippen LogP contribution in [0.1, 0.15) is 20.8 Å². The maximum absolute atomic E-state index is 11.0. The van der Waals surface area contributed by atoms with E-state index in [-0.39, 0.29) is 0 Å². The fourth-order valence-electron chi connectivity index (χ4n) is 1.89. The van der Waals surface area contributed by atoms with Crippen LogP contribution < -0.4 is 0 Å². The second-order valence-corrected chi connectivity index (χ2v) is 5.41. The smallest absolute Gasteiger partial charge is 0.312 e. The van der Waals surface area contributed by atoms with Crippen molar-refractivity contribution >= 4 is 21.9 Å². The van der Waals surface area contributed by atoms with E-state index < -0.39 is 16.2 Å². The van der Waals surface area contributed by atoms with Gasteiger partial charge in [0.1, 0.15) is 0 Å². The van der Waals surface area contributed by atoms with E-state index in [9.17, 15) is 4.79 Å². The lowest BCUT2D eigenvalue weighted by molar-refractivity contribution is -0.140. The summed E-state index contributed by atoms with van der Waals surface area (Å²) in [7, 11) is 0. The summed E-state index contributed by atoms with van der Waals surface area (Å²) < 4.78 is -0.457. The van der Waals surface area contributed by atoms with Crippen LogP contribution in [-0.2, 0) is 4.79 Å². The van der Waals surface area contributed by atoms with Crippen LogP contribution in [0.2, 0.25) is 0 Å². The molecule has 13 heavy (non-hydrogen) atoms. The molecule has 0 radical (unpaired) electrons. The quantitative estimate of drug-likeness (QED) is 0.721. The second kappa shape index (κ2) is 3.29. The van der Waals surface area contributed by atoms with E-state index in [0.29, 0.717) is 0 Å². The van der Waals surface area contributed by atoms with Crippen LogP contribution >= 0.6 is 15.9 Å². The molecule has 2 atom stereocenters. The van der Waals surface area contributed by atoms with Gasteiger partial charge in [-0.1, -0.05) is 39.2 Å². The van der Waals surface area contributed by atoms with Crippen molar-refractivity contribution in [1.82, 2.24) is 0 Å². The minimum absolute atomic E-state index is 0.457. The topological polar surface area (TPSA) is 37.3 Å². The Morgan fingerprint density at radius 3 is 2.54 bits per heavy atom. The summed E-state index contributed by atoms with van der Waals surface area (Å²) in [6, 6.07) is 0. The Bertz CT molecular complexity index is 300. The Morgan fingerprint density at radius 2 is 2.15 bits per heavy atom. The van der Waals surface area contributed by atoms with Crippen LogP contribution in [0.25, 0.3) is 0 Å².